The average Bonchev–Trinajstić information content (AvgIpc) is 3.22. The van der Waals surface area contributed by atoms with Crippen molar-refractivity contribution in [1.29, 1.82) is 0 Å². The second kappa shape index (κ2) is 11.0. The highest BCUT2D eigenvalue weighted by molar-refractivity contribution is 6.30. The number of hydrogen-bond acceptors (Lipinski definition) is 6. The lowest BCUT2D eigenvalue weighted by molar-refractivity contribution is -0.132. The monoisotopic (exact) mass is 508 g/mol. The number of furan rings is 1. The van der Waals surface area contributed by atoms with Gasteiger partial charge in [0.15, 0.2) is 0 Å². The zero-order valence-corrected chi connectivity index (χ0v) is 21.6. The van der Waals surface area contributed by atoms with Crippen molar-refractivity contribution in [3.8, 4) is 0 Å². The van der Waals surface area contributed by atoms with Gasteiger partial charge in [0.25, 0.3) is 0 Å². The fourth-order valence-corrected chi connectivity index (χ4v) is 5.02. The molecule has 0 spiro atoms. The summed E-state index contributed by atoms with van der Waals surface area (Å²) in [5, 5.41) is 8.73. The first-order valence-electron chi connectivity index (χ1n) is 12.7. The number of carbonyl (C=O) groups is 1. The number of ether oxygens (including phenoxy) is 1. The highest BCUT2D eigenvalue weighted by atomic mass is 35.5. The minimum Gasteiger partial charge on any atom is -0.461 e. The van der Waals surface area contributed by atoms with Crippen molar-refractivity contribution in [2.45, 2.75) is 45.7 Å². The lowest BCUT2D eigenvalue weighted by atomic mass is 10.0. The maximum absolute atomic E-state index is 13.7. The van der Waals surface area contributed by atoms with Crippen molar-refractivity contribution < 1.29 is 13.9 Å². The molecule has 2 aromatic carbocycles. The zero-order valence-electron chi connectivity index (χ0n) is 20.9. The van der Waals surface area contributed by atoms with Gasteiger partial charge in [0.2, 0.25) is 11.9 Å². The normalized spacial score (nSPS) is 19.1. The summed E-state index contributed by atoms with van der Waals surface area (Å²) >= 11 is 6.09. The van der Waals surface area contributed by atoms with Crippen molar-refractivity contribution in [1.82, 2.24) is 10.2 Å². The van der Waals surface area contributed by atoms with E-state index in [2.05, 4.69) is 30.5 Å². The average molecular weight is 509 g/mol. The first kappa shape index (κ1) is 24.8. The van der Waals surface area contributed by atoms with E-state index >= 15 is 0 Å². The number of halogens is 1. The SMILES string of the molecule is CCc1oc2ccc(NC3=NCC(CNC4CCOCC4)C(=O)N3Cc3ccc(Cl)cc3)cc2c1C. The molecule has 2 aliphatic rings. The minimum atomic E-state index is -0.212. The van der Waals surface area contributed by atoms with E-state index in [1.54, 1.807) is 4.90 Å². The van der Waals surface area contributed by atoms with Crippen LogP contribution in [0.3, 0.4) is 0 Å². The van der Waals surface area contributed by atoms with E-state index in [9.17, 15) is 4.79 Å². The molecule has 0 bridgehead atoms. The highest BCUT2D eigenvalue weighted by Gasteiger charge is 2.32. The molecule has 1 atom stereocenters. The number of amides is 1. The number of carbonyl (C=O) groups excluding carboxylic acids is 1. The van der Waals surface area contributed by atoms with Gasteiger partial charge in [0.05, 0.1) is 19.0 Å². The van der Waals surface area contributed by atoms with Gasteiger partial charge in [0, 0.05) is 48.3 Å². The van der Waals surface area contributed by atoms with Crippen molar-refractivity contribution in [2.75, 3.05) is 31.6 Å². The van der Waals surface area contributed by atoms with E-state index in [0.29, 0.717) is 36.7 Å². The molecule has 8 heteroatoms. The fourth-order valence-electron chi connectivity index (χ4n) is 4.90. The number of nitrogens with one attached hydrogen (secondary N) is 2. The number of aliphatic imine (C=N–C) groups is 1. The van der Waals surface area contributed by atoms with Crippen LogP contribution in [0, 0.1) is 12.8 Å². The molecule has 190 valence electrons. The van der Waals surface area contributed by atoms with Gasteiger partial charge in [-0.25, -0.2) is 0 Å². The summed E-state index contributed by atoms with van der Waals surface area (Å²) in [6.45, 7) is 7.19. The molecule has 1 aromatic heterocycles. The summed E-state index contributed by atoms with van der Waals surface area (Å²) in [5.41, 5.74) is 3.89. The van der Waals surface area contributed by atoms with Crippen LogP contribution in [0.15, 0.2) is 51.9 Å². The Morgan fingerprint density at radius 1 is 1.14 bits per heavy atom. The quantitative estimate of drug-likeness (QED) is 0.461. The van der Waals surface area contributed by atoms with Crippen molar-refractivity contribution in [2.24, 2.45) is 10.9 Å². The van der Waals surface area contributed by atoms with Crippen LogP contribution in [-0.2, 0) is 22.5 Å². The van der Waals surface area contributed by atoms with Gasteiger partial charge in [0.1, 0.15) is 11.3 Å². The molecule has 2 N–H and O–H groups in total. The summed E-state index contributed by atoms with van der Waals surface area (Å²) in [4.78, 5) is 20.3. The molecule has 0 aliphatic carbocycles. The maximum Gasteiger partial charge on any atom is 0.235 e. The highest BCUT2D eigenvalue weighted by Crippen LogP contribution is 2.29. The zero-order chi connectivity index (χ0) is 25.1. The number of aryl methyl sites for hydroxylation is 2. The van der Waals surface area contributed by atoms with Crippen LogP contribution in [-0.4, -0.2) is 49.1 Å². The van der Waals surface area contributed by atoms with Crippen molar-refractivity contribution in [3.05, 3.63) is 64.4 Å². The van der Waals surface area contributed by atoms with E-state index in [4.69, 9.17) is 25.7 Å². The molecule has 0 radical (unpaired) electrons. The molecule has 2 aliphatic heterocycles. The molecule has 3 aromatic rings. The minimum absolute atomic E-state index is 0.0656. The Balaban J connectivity index is 1.37. The van der Waals surface area contributed by atoms with Crippen molar-refractivity contribution in [3.63, 3.8) is 0 Å². The van der Waals surface area contributed by atoms with Crippen LogP contribution in [0.2, 0.25) is 5.02 Å². The molecule has 1 fully saturated rings. The molecular weight excluding hydrogens is 476 g/mol. The number of nitrogens with zero attached hydrogens (tertiary/aromatic N) is 2. The number of rotatable bonds is 7. The Morgan fingerprint density at radius 3 is 2.67 bits per heavy atom. The molecule has 0 saturated carbocycles. The molecule has 5 rings (SSSR count). The van der Waals surface area contributed by atoms with Crippen LogP contribution < -0.4 is 10.6 Å². The van der Waals surface area contributed by atoms with Crippen LogP contribution >= 0.6 is 11.6 Å². The molecular formula is C28H33ClN4O3. The summed E-state index contributed by atoms with van der Waals surface area (Å²) in [6, 6.07) is 14.0. The topological polar surface area (TPSA) is 79.1 Å². The third-order valence-electron chi connectivity index (χ3n) is 7.07. The van der Waals surface area contributed by atoms with Gasteiger partial charge < -0.3 is 19.8 Å². The largest absolute Gasteiger partial charge is 0.461 e. The number of guanidine groups is 1. The molecule has 1 saturated heterocycles. The predicted octanol–water partition coefficient (Wildman–Crippen LogP) is 5.15. The van der Waals surface area contributed by atoms with Gasteiger partial charge in [-0.2, -0.15) is 0 Å². The van der Waals surface area contributed by atoms with E-state index in [1.807, 2.05) is 36.4 Å². The lowest BCUT2D eigenvalue weighted by Gasteiger charge is -2.33. The van der Waals surface area contributed by atoms with E-state index in [-0.39, 0.29) is 11.8 Å². The van der Waals surface area contributed by atoms with Crippen LogP contribution in [0.5, 0.6) is 0 Å². The summed E-state index contributed by atoms with van der Waals surface area (Å²) in [6.07, 6.45) is 2.80. The number of hydrogen-bond donors (Lipinski definition) is 2. The van der Waals surface area contributed by atoms with Gasteiger partial charge in [-0.05, 0) is 61.2 Å². The van der Waals surface area contributed by atoms with Gasteiger partial charge in [-0.15, -0.1) is 0 Å². The fraction of sp³-hybridized carbons (Fsp3) is 0.429. The van der Waals surface area contributed by atoms with Gasteiger partial charge in [-0.3, -0.25) is 14.7 Å². The van der Waals surface area contributed by atoms with E-state index in [1.165, 1.54) is 0 Å². The van der Waals surface area contributed by atoms with Gasteiger partial charge >= 0.3 is 0 Å². The molecule has 3 heterocycles. The smallest absolute Gasteiger partial charge is 0.235 e. The summed E-state index contributed by atoms with van der Waals surface area (Å²) < 4.78 is 11.4. The van der Waals surface area contributed by atoms with E-state index < -0.39 is 0 Å². The van der Waals surface area contributed by atoms with Gasteiger partial charge in [-0.1, -0.05) is 30.7 Å². The number of benzene rings is 2. The summed E-state index contributed by atoms with van der Waals surface area (Å²) in [7, 11) is 0. The number of anilines is 1. The standard InChI is InChI=1S/C28H33ClN4O3/c1-3-25-18(2)24-14-23(8-9-26(24)36-25)32-28-31-16-20(15-30-22-10-12-35-13-11-22)27(34)33(28)17-19-4-6-21(29)7-5-19/h4-9,14,20,22,30H,3,10-13,15-17H2,1-2H3,(H,31,32). The Kier molecular flexibility index (Phi) is 7.60. The predicted molar refractivity (Wildman–Crippen MR) is 144 cm³/mol. The Labute approximate surface area is 216 Å². The molecule has 36 heavy (non-hydrogen) atoms. The Hall–Kier alpha value is -2.87. The van der Waals surface area contributed by atoms with Crippen LogP contribution in [0.25, 0.3) is 11.0 Å². The Morgan fingerprint density at radius 2 is 1.92 bits per heavy atom. The van der Waals surface area contributed by atoms with Crippen molar-refractivity contribution >= 4 is 40.1 Å². The lowest BCUT2D eigenvalue weighted by Crippen LogP contribution is -2.51. The third kappa shape index (κ3) is 5.43. The van der Waals surface area contributed by atoms with E-state index in [0.717, 1.165) is 66.0 Å². The third-order valence-corrected chi connectivity index (χ3v) is 7.32. The molecule has 1 unspecified atom stereocenters. The molecule has 1 amide bonds. The second-order valence-corrected chi connectivity index (χ2v) is 9.98. The van der Waals surface area contributed by atoms with Crippen LogP contribution in [0.4, 0.5) is 5.69 Å². The van der Waals surface area contributed by atoms with Crippen LogP contribution in [0.1, 0.15) is 36.7 Å². The second-order valence-electron chi connectivity index (χ2n) is 9.55. The first-order valence-corrected chi connectivity index (χ1v) is 13.1. The maximum atomic E-state index is 13.7. The molecule has 7 nitrogen and oxygen atoms in total. The Bertz CT molecular complexity index is 1250. The summed E-state index contributed by atoms with van der Waals surface area (Å²) in [5.74, 6) is 1.41. The first-order chi connectivity index (χ1) is 17.5. The number of fused-ring (bicyclic) bond motifs is 1.